The highest BCUT2D eigenvalue weighted by Gasteiger charge is 2.59. The van der Waals surface area contributed by atoms with E-state index in [1.807, 2.05) is 0 Å². The van der Waals surface area contributed by atoms with Crippen molar-refractivity contribution in [3.63, 3.8) is 0 Å². The number of nitrogens with zero attached hydrogens (tertiary/aromatic N) is 1. The van der Waals surface area contributed by atoms with E-state index >= 15 is 0 Å². The van der Waals surface area contributed by atoms with Gasteiger partial charge in [-0.1, -0.05) is 12.8 Å². The zero-order valence-electron chi connectivity index (χ0n) is 7.06. The van der Waals surface area contributed by atoms with Gasteiger partial charge in [0.15, 0.2) is 5.41 Å². The standard InChI is InChI=1S/C8H11F3N2/c9-8(10,11)7(5-12)4-2-1-3-6(7)13/h6H,1-4,13H2. The van der Waals surface area contributed by atoms with Crippen LogP contribution < -0.4 is 5.73 Å². The lowest BCUT2D eigenvalue weighted by Gasteiger charge is -2.37. The van der Waals surface area contributed by atoms with Crippen molar-refractivity contribution in [2.75, 3.05) is 0 Å². The number of alkyl halides is 3. The zero-order valence-corrected chi connectivity index (χ0v) is 7.06. The maximum absolute atomic E-state index is 12.5. The molecule has 0 amide bonds. The molecular formula is C8H11F3N2. The van der Waals surface area contributed by atoms with Gasteiger partial charge in [-0.05, 0) is 12.8 Å². The fraction of sp³-hybridized carbons (Fsp3) is 0.875. The Bertz CT molecular complexity index is 231. The maximum atomic E-state index is 12.5. The number of hydrogen-bond donors (Lipinski definition) is 1. The Morgan fingerprint density at radius 1 is 1.38 bits per heavy atom. The zero-order chi connectivity index (χ0) is 10.1. The highest BCUT2D eigenvalue weighted by atomic mass is 19.4. The van der Waals surface area contributed by atoms with Gasteiger partial charge in [-0.25, -0.2) is 0 Å². The van der Waals surface area contributed by atoms with Crippen LogP contribution in [0.4, 0.5) is 13.2 Å². The molecule has 74 valence electrons. The van der Waals surface area contributed by atoms with Crippen molar-refractivity contribution in [2.24, 2.45) is 11.1 Å². The van der Waals surface area contributed by atoms with Gasteiger partial charge < -0.3 is 5.73 Å². The first-order chi connectivity index (χ1) is 5.94. The number of halogens is 3. The second kappa shape index (κ2) is 3.18. The molecule has 1 rings (SSSR count). The molecule has 0 bridgehead atoms. The summed E-state index contributed by atoms with van der Waals surface area (Å²) in [5.41, 5.74) is 3.07. The van der Waals surface area contributed by atoms with Gasteiger partial charge in [0.2, 0.25) is 0 Å². The van der Waals surface area contributed by atoms with E-state index in [-0.39, 0.29) is 12.8 Å². The lowest BCUT2D eigenvalue weighted by molar-refractivity contribution is -0.216. The van der Waals surface area contributed by atoms with Crippen LogP contribution in [0.25, 0.3) is 0 Å². The van der Waals surface area contributed by atoms with E-state index in [2.05, 4.69) is 0 Å². The van der Waals surface area contributed by atoms with Gasteiger partial charge in [0.05, 0.1) is 6.07 Å². The third-order valence-corrected chi connectivity index (χ3v) is 2.67. The molecule has 0 saturated heterocycles. The average molecular weight is 192 g/mol. The second-order valence-corrected chi connectivity index (χ2v) is 3.43. The minimum atomic E-state index is -4.50. The third-order valence-electron chi connectivity index (χ3n) is 2.67. The van der Waals surface area contributed by atoms with Crippen LogP contribution >= 0.6 is 0 Å². The summed E-state index contributed by atoms with van der Waals surface area (Å²) in [5.74, 6) is 0. The Morgan fingerprint density at radius 3 is 2.31 bits per heavy atom. The molecule has 2 N–H and O–H groups in total. The van der Waals surface area contributed by atoms with Crippen molar-refractivity contribution >= 4 is 0 Å². The molecule has 1 aliphatic rings. The van der Waals surface area contributed by atoms with Crippen LogP contribution in [0.15, 0.2) is 0 Å². The van der Waals surface area contributed by atoms with Crippen molar-refractivity contribution in [2.45, 2.75) is 37.9 Å². The molecule has 1 aliphatic carbocycles. The molecule has 13 heavy (non-hydrogen) atoms. The fourth-order valence-corrected chi connectivity index (χ4v) is 1.75. The van der Waals surface area contributed by atoms with E-state index in [1.165, 1.54) is 6.07 Å². The molecule has 0 aromatic carbocycles. The van der Waals surface area contributed by atoms with E-state index in [9.17, 15) is 13.2 Å². The van der Waals surface area contributed by atoms with Gasteiger partial charge >= 0.3 is 6.18 Å². The van der Waals surface area contributed by atoms with Crippen LogP contribution in [-0.4, -0.2) is 12.2 Å². The number of nitriles is 1. The summed E-state index contributed by atoms with van der Waals surface area (Å²) in [6.07, 6.45) is -3.26. The van der Waals surface area contributed by atoms with Crippen molar-refractivity contribution in [3.8, 4) is 6.07 Å². The fourth-order valence-electron chi connectivity index (χ4n) is 1.75. The Labute approximate surface area is 74.5 Å². The van der Waals surface area contributed by atoms with Crippen LogP contribution in [0.3, 0.4) is 0 Å². The van der Waals surface area contributed by atoms with E-state index in [0.29, 0.717) is 12.8 Å². The topological polar surface area (TPSA) is 49.8 Å². The molecule has 0 aromatic rings. The van der Waals surface area contributed by atoms with Gasteiger partial charge in [0.25, 0.3) is 0 Å². The van der Waals surface area contributed by atoms with Crippen LogP contribution in [0.1, 0.15) is 25.7 Å². The Balaban J connectivity index is 2.98. The normalized spacial score (nSPS) is 35.5. The molecular weight excluding hydrogens is 181 g/mol. The summed E-state index contributed by atoms with van der Waals surface area (Å²) in [6, 6.07) is 0.293. The summed E-state index contributed by atoms with van der Waals surface area (Å²) in [5, 5.41) is 8.60. The van der Waals surface area contributed by atoms with Gasteiger partial charge in [-0.15, -0.1) is 0 Å². The molecule has 2 unspecified atom stereocenters. The molecule has 0 aromatic heterocycles. The SMILES string of the molecule is N#CC1(C(F)(F)F)CCCCC1N. The molecule has 0 radical (unpaired) electrons. The molecule has 1 saturated carbocycles. The summed E-state index contributed by atoms with van der Waals surface area (Å²) in [4.78, 5) is 0. The van der Waals surface area contributed by atoms with Crippen LogP contribution in [0.2, 0.25) is 0 Å². The van der Waals surface area contributed by atoms with Crippen LogP contribution in [0.5, 0.6) is 0 Å². The van der Waals surface area contributed by atoms with E-state index in [4.69, 9.17) is 11.0 Å². The minimum absolute atomic E-state index is 0.159. The summed E-state index contributed by atoms with van der Waals surface area (Å²) < 4.78 is 37.6. The Kier molecular flexibility index (Phi) is 2.53. The first-order valence-corrected chi connectivity index (χ1v) is 4.17. The van der Waals surface area contributed by atoms with Crippen LogP contribution in [-0.2, 0) is 0 Å². The molecule has 1 fully saturated rings. The molecule has 0 heterocycles. The van der Waals surface area contributed by atoms with Gasteiger partial charge in [-0.3, -0.25) is 0 Å². The maximum Gasteiger partial charge on any atom is 0.408 e. The lowest BCUT2D eigenvalue weighted by Crippen LogP contribution is -2.52. The first kappa shape index (κ1) is 10.3. The minimum Gasteiger partial charge on any atom is -0.326 e. The smallest absolute Gasteiger partial charge is 0.326 e. The summed E-state index contributed by atoms with van der Waals surface area (Å²) >= 11 is 0. The second-order valence-electron chi connectivity index (χ2n) is 3.43. The van der Waals surface area contributed by atoms with Gasteiger partial charge in [0.1, 0.15) is 0 Å². The number of nitrogens with two attached hydrogens (primary N) is 1. The molecule has 0 aliphatic heterocycles. The highest BCUT2D eigenvalue weighted by molar-refractivity contribution is 5.11. The van der Waals surface area contributed by atoms with Gasteiger partial charge in [0, 0.05) is 6.04 Å². The van der Waals surface area contributed by atoms with Gasteiger partial charge in [-0.2, -0.15) is 18.4 Å². The first-order valence-electron chi connectivity index (χ1n) is 4.17. The van der Waals surface area contributed by atoms with Crippen molar-refractivity contribution in [3.05, 3.63) is 0 Å². The molecule has 2 nitrogen and oxygen atoms in total. The third kappa shape index (κ3) is 1.51. The quantitative estimate of drug-likeness (QED) is 0.637. The Morgan fingerprint density at radius 2 is 2.00 bits per heavy atom. The molecule has 0 spiro atoms. The predicted octanol–water partition coefficient (Wildman–Crippen LogP) is 1.96. The summed E-state index contributed by atoms with van der Waals surface area (Å²) in [6.45, 7) is 0. The van der Waals surface area contributed by atoms with Crippen molar-refractivity contribution in [1.82, 2.24) is 0 Å². The average Bonchev–Trinajstić information content (AvgIpc) is 2.03. The number of rotatable bonds is 0. The highest BCUT2D eigenvalue weighted by Crippen LogP contribution is 2.47. The molecule has 5 heteroatoms. The van der Waals surface area contributed by atoms with E-state index in [0.717, 1.165) is 0 Å². The predicted molar refractivity (Wildman–Crippen MR) is 40.5 cm³/mol. The monoisotopic (exact) mass is 192 g/mol. The lowest BCUT2D eigenvalue weighted by atomic mass is 9.71. The van der Waals surface area contributed by atoms with Crippen molar-refractivity contribution < 1.29 is 13.2 Å². The van der Waals surface area contributed by atoms with Crippen LogP contribution in [0, 0.1) is 16.7 Å². The molecule has 2 atom stereocenters. The van der Waals surface area contributed by atoms with E-state index < -0.39 is 17.6 Å². The van der Waals surface area contributed by atoms with E-state index in [1.54, 1.807) is 0 Å². The largest absolute Gasteiger partial charge is 0.408 e. The van der Waals surface area contributed by atoms with Crippen molar-refractivity contribution in [1.29, 1.82) is 5.26 Å². The number of hydrogen-bond acceptors (Lipinski definition) is 2. The summed E-state index contributed by atoms with van der Waals surface area (Å²) in [7, 11) is 0. The Hall–Kier alpha value is -0.760.